The van der Waals surface area contributed by atoms with Crippen LogP contribution in [0.5, 0.6) is 0 Å². The summed E-state index contributed by atoms with van der Waals surface area (Å²) in [5.74, 6) is -1.23. The van der Waals surface area contributed by atoms with Crippen molar-refractivity contribution in [1.82, 2.24) is 0 Å². The van der Waals surface area contributed by atoms with Crippen LogP contribution in [0.2, 0.25) is 0 Å². The van der Waals surface area contributed by atoms with Crippen LogP contribution in [0.3, 0.4) is 0 Å². The van der Waals surface area contributed by atoms with Gasteiger partial charge in [-0.15, -0.1) is 0 Å². The van der Waals surface area contributed by atoms with Crippen LogP contribution < -0.4 is 10.5 Å². The normalized spacial score (nSPS) is 17.7. The van der Waals surface area contributed by atoms with Crippen LogP contribution in [-0.2, 0) is 10.0 Å². The van der Waals surface area contributed by atoms with Gasteiger partial charge in [0.25, 0.3) is 0 Å². The van der Waals surface area contributed by atoms with Crippen LogP contribution >= 0.6 is 0 Å². The van der Waals surface area contributed by atoms with Crippen molar-refractivity contribution in [3.05, 3.63) is 29.6 Å². The first-order valence-electron chi connectivity index (χ1n) is 6.73. The molecule has 1 aromatic carbocycles. The van der Waals surface area contributed by atoms with Crippen LogP contribution in [0.15, 0.2) is 23.4 Å². The number of hydrogen-bond donors (Lipinski definition) is 3. The number of rotatable bonds is 4. The van der Waals surface area contributed by atoms with Gasteiger partial charge in [-0.05, 0) is 25.0 Å². The van der Waals surface area contributed by atoms with Crippen molar-refractivity contribution in [2.75, 3.05) is 4.72 Å². The third-order valence-corrected chi connectivity index (χ3v) is 5.47. The Morgan fingerprint density at radius 3 is 2.62 bits per heavy atom. The summed E-state index contributed by atoms with van der Waals surface area (Å²) in [7, 11) is -3.63. The molecule has 0 unspecified atom stereocenters. The maximum atomic E-state index is 13.8. The van der Waals surface area contributed by atoms with E-state index in [2.05, 4.69) is 9.88 Å². The average Bonchev–Trinajstić information content (AvgIpc) is 2.47. The predicted molar refractivity (Wildman–Crippen MR) is 78.3 cm³/mol. The third kappa shape index (κ3) is 3.44. The fourth-order valence-corrected chi connectivity index (χ4v) is 4.13. The molecule has 1 aromatic rings. The second-order valence-electron chi connectivity index (χ2n) is 5.05. The van der Waals surface area contributed by atoms with Crippen molar-refractivity contribution < 1.29 is 18.0 Å². The van der Waals surface area contributed by atoms with Gasteiger partial charge < -0.3 is 10.9 Å². The van der Waals surface area contributed by atoms with E-state index < -0.39 is 26.9 Å². The molecule has 0 aromatic heterocycles. The van der Waals surface area contributed by atoms with Crippen molar-refractivity contribution in [3.63, 3.8) is 0 Å². The van der Waals surface area contributed by atoms with Gasteiger partial charge in [0.15, 0.2) is 5.84 Å². The summed E-state index contributed by atoms with van der Waals surface area (Å²) in [6, 6.07) is 3.87. The molecule has 1 saturated carbocycles. The lowest BCUT2D eigenvalue weighted by Crippen LogP contribution is -2.31. The molecule has 4 N–H and O–H groups in total. The molecule has 0 bridgehead atoms. The van der Waals surface area contributed by atoms with Crippen LogP contribution in [0.1, 0.15) is 37.7 Å². The molecule has 116 valence electrons. The van der Waals surface area contributed by atoms with Crippen LogP contribution in [-0.4, -0.2) is 24.7 Å². The quantitative estimate of drug-likeness (QED) is 0.342. The Morgan fingerprint density at radius 1 is 1.33 bits per heavy atom. The number of benzene rings is 1. The minimum atomic E-state index is -3.63. The maximum absolute atomic E-state index is 13.8. The Bertz CT molecular complexity index is 640. The summed E-state index contributed by atoms with van der Waals surface area (Å²) in [5.41, 5.74) is 5.15. The Hall–Kier alpha value is -1.83. The Morgan fingerprint density at radius 2 is 2.00 bits per heavy atom. The molecule has 0 atom stereocenters. The summed E-state index contributed by atoms with van der Waals surface area (Å²) in [4.78, 5) is 0. The van der Waals surface area contributed by atoms with Crippen molar-refractivity contribution in [2.45, 2.75) is 37.4 Å². The number of hydrogen-bond acceptors (Lipinski definition) is 4. The van der Waals surface area contributed by atoms with Crippen molar-refractivity contribution in [3.8, 4) is 0 Å². The highest BCUT2D eigenvalue weighted by atomic mass is 32.2. The summed E-state index contributed by atoms with van der Waals surface area (Å²) in [5, 5.41) is 11.0. The molecular weight excluding hydrogens is 297 g/mol. The second-order valence-corrected chi connectivity index (χ2v) is 7.02. The first-order chi connectivity index (χ1) is 9.95. The molecule has 21 heavy (non-hydrogen) atoms. The number of nitrogens with one attached hydrogen (secondary N) is 1. The molecule has 0 heterocycles. The van der Waals surface area contributed by atoms with E-state index in [0.717, 1.165) is 25.3 Å². The Balaban J connectivity index is 2.33. The van der Waals surface area contributed by atoms with Gasteiger partial charge >= 0.3 is 0 Å². The topological polar surface area (TPSA) is 105 Å². The molecule has 0 radical (unpaired) electrons. The zero-order valence-electron chi connectivity index (χ0n) is 11.4. The molecular formula is C13H18FN3O3S. The van der Waals surface area contributed by atoms with Crippen molar-refractivity contribution in [1.29, 1.82) is 0 Å². The van der Waals surface area contributed by atoms with E-state index in [1.54, 1.807) is 0 Å². The highest BCUT2D eigenvalue weighted by molar-refractivity contribution is 7.93. The lowest BCUT2D eigenvalue weighted by atomic mass is 10.0. The zero-order valence-corrected chi connectivity index (χ0v) is 12.2. The smallest absolute Gasteiger partial charge is 0.235 e. The molecule has 0 spiro atoms. The SMILES string of the molecule is N/C(=N/O)c1c(F)cccc1NS(=O)(=O)C1CCCCC1. The number of amidine groups is 1. The fraction of sp³-hybridized carbons (Fsp3) is 0.462. The van der Waals surface area contributed by atoms with Gasteiger partial charge in [0.1, 0.15) is 5.82 Å². The van der Waals surface area contributed by atoms with Gasteiger partial charge in [0, 0.05) is 0 Å². The number of nitrogens with zero attached hydrogens (tertiary/aromatic N) is 1. The second kappa shape index (κ2) is 6.30. The monoisotopic (exact) mass is 315 g/mol. The van der Waals surface area contributed by atoms with Gasteiger partial charge in [-0.1, -0.05) is 30.5 Å². The van der Waals surface area contributed by atoms with E-state index in [1.165, 1.54) is 12.1 Å². The minimum absolute atomic E-state index is 0.0177. The first kappa shape index (κ1) is 15.6. The predicted octanol–water partition coefficient (Wildman–Crippen LogP) is 1.99. The molecule has 0 aliphatic heterocycles. The summed E-state index contributed by atoms with van der Waals surface area (Å²) in [6.07, 6.45) is 3.93. The summed E-state index contributed by atoms with van der Waals surface area (Å²) < 4.78 is 40.9. The minimum Gasteiger partial charge on any atom is -0.409 e. The molecule has 6 nitrogen and oxygen atoms in total. The van der Waals surface area contributed by atoms with Gasteiger partial charge in [0.2, 0.25) is 10.0 Å². The number of halogens is 1. The number of nitrogens with two attached hydrogens (primary N) is 1. The van der Waals surface area contributed by atoms with Gasteiger partial charge in [-0.2, -0.15) is 0 Å². The third-order valence-electron chi connectivity index (χ3n) is 3.62. The largest absolute Gasteiger partial charge is 0.409 e. The van der Waals surface area contributed by atoms with Crippen molar-refractivity contribution in [2.24, 2.45) is 10.9 Å². The molecule has 2 rings (SSSR count). The van der Waals surface area contributed by atoms with Gasteiger partial charge in [0.05, 0.1) is 16.5 Å². The van der Waals surface area contributed by atoms with E-state index in [-0.39, 0.29) is 11.3 Å². The highest BCUT2D eigenvalue weighted by Crippen LogP contribution is 2.27. The lowest BCUT2D eigenvalue weighted by molar-refractivity contribution is 0.318. The van der Waals surface area contributed by atoms with E-state index in [0.29, 0.717) is 12.8 Å². The van der Waals surface area contributed by atoms with E-state index in [1.807, 2.05) is 0 Å². The number of anilines is 1. The van der Waals surface area contributed by atoms with E-state index in [4.69, 9.17) is 10.9 Å². The molecule has 0 amide bonds. The highest BCUT2D eigenvalue weighted by Gasteiger charge is 2.28. The lowest BCUT2D eigenvalue weighted by Gasteiger charge is -2.23. The first-order valence-corrected chi connectivity index (χ1v) is 8.28. The molecule has 1 aliphatic carbocycles. The maximum Gasteiger partial charge on any atom is 0.235 e. The summed E-state index contributed by atoms with van der Waals surface area (Å²) >= 11 is 0. The molecule has 1 aliphatic rings. The zero-order chi connectivity index (χ0) is 15.5. The van der Waals surface area contributed by atoms with Crippen LogP contribution in [0, 0.1) is 5.82 Å². The van der Waals surface area contributed by atoms with Crippen LogP contribution in [0.4, 0.5) is 10.1 Å². The van der Waals surface area contributed by atoms with Crippen LogP contribution in [0.25, 0.3) is 0 Å². The number of oxime groups is 1. The van der Waals surface area contributed by atoms with Gasteiger partial charge in [-0.3, -0.25) is 4.72 Å². The Labute approximate surface area is 122 Å². The van der Waals surface area contributed by atoms with Gasteiger partial charge in [-0.25, -0.2) is 12.8 Å². The average molecular weight is 315 g/mol. The molecule has 8 heteroatoms. The number of sulfonamides is 1. The fourth-order valence-electron chi connectivity index (χ4n) is 2.53. The summed E-state index contributed by atoms with van der Waals surface area (Å²) in [6.45, 7) is 0. The Kier molecular flexibility index (Phi) is 4.66. The molecule has 0 saturated heterocycles. The van der Waals surface area contributed by atoms with Crippen molar-refractivity contribution >= 4 is 21.5 Å². The van der Waals surface area contributed by atoms with E-state index >= 15 is 0 Å². The standard InChI is InChI=1S/C13H18FN3O3S/c14-10-7-4-8-11(12(10)13(15)16-18)17-21(19,20)9-5-2-1-3-6-9/h4,7-9,17-18H,1-3,5-6H2,(H2,15,16). The molecule has 1 fully saturated rings. The van der Waals surface area contributed by atoms with E-state index in [9.17, 15) is 12.8 Å².